The minimum Gasteiger partial charge on any atom is -0.387 e. The zero-order chi connectivity index (χ0) is 10.6. The molecule has 0 aliphatic carbocycles. The van der Waals surface area contributed by atoms with Crippen LogP contribution in [0.3, 0.4) is 0 Å². The van der Waals surface area contributed by atoms with Gasteiger partial charge in [-0.15, -0.1) is 0 Å². The Bertz CT molecular complexity index is 301. The van der Waals surface area contributed by atoms with Crippen molar-refractivity contribution in [2.24, 2.45) is 0 Å². The highest BCUT2D eigenvalue weighted by molar-refractivity contribution is 5.28. The average Bonchev–Trinajstić information content (AvgIpc) is 2.14. The van der Waals surface area contributed by atoms with Gasteiger partial charge < -0.3 is 10.4 Å². The lowest BCUT2D eigenvalue weighted by atomic mass is 10.0. The monoisotopic (exact) mass is 197 g/mol. The molecule has 1 unspecified atom stereocenters. The number of rotatable bonds is 4. The molecule has 0 aromatic heterocycles. The van der Waals surface area contributed by atoms with Gasteiger partial charge in [0, 0.05) is 6.54 Å². The van der Waals surface area contributed by atoms with Crippen molar-refractivity contribution in [2.45, 2.75) is 20.0 Å². The third kappa shape index (κ3) is 2.79. The van der Waals surface area contributed by atoms with Gasteiger partial charge in [-0.25, -0.2) is 4.39 Å². The van der Waals surface area contributed by atoms with Crippen LogP contribution < -0.4 is 5.32 Å². The number of benzene rings is 1. The second kappa shape index (κ2) is 5.08. The molecule has 0 aliphatic heterocycles. The molecule has 0 radical (unpaired) electrons. The van der Waals surface area contributed by atoms with Gasteiger partial charge in [0.25, 0.3) is 0 Å². The molecule has 1 aromatic rings. The van der Waals surface area contributed by atoms with E-state index < -0.39 is 6.10 Å². The lowest BCUT2D eigenvalue weighted by molar-refractivity contribution is 0.175. The van der Waals surface area contributed by atoms with Crippen LogP contribution in [0.1, 0.15) is 24.2 Å². The summed E-state index contributed by atoms with van der Waals surface area (Å²) in [6.07, 6.45) is -0.560. The Morgan fingerprint density at radius 1 is 1.50 bits per heavy atom. The van der Waals surface area contributed by atoms with Crippen molar-refractivity contribution in [1.82, 2.24) is 5.32 Å². The summed E-state index contributed by atoms with van der Waals surface area (Å²) in [6.45, 7) is 5.10. The smallest absolute Gasteiger partial charge is 0.123 e. The molecule has 2 nitrogen and oxygen atoms in total. The largest absolute Gasteiger partial charge is 0.387 e. The first kappa shape index (κ1) is 11.1. The van der Waals surface area contributed by atoms with Crippen LogP contribution in [0, 0.1) is 12.7 Å². The molecule has 1 rings (SSSR count). The number of aryl methyl sites for hydroxylation is 1. The van der Waals surface area contributed by atoms with Gasteiger partial charge in [-0.05, 0) is 36.7 Å². The molecule has 0 aliphatic rings. The topological polar surface area (TPSA) is 32.3 Å². The molecule has 3 heteroatoms. The quantitative estimate of drug-likeness (QED) is 0.771. The predicted octanol–water partition coefficient (Wildman–Crippen LogP) is 1.78. The molecule has 0 heterocycles. The van der Waals surface area contributed by atoms with E-state index in [1.54, 1.807) is 13.0 Å². The number of aliphatic hydroxyl groups is 1. The van der Waals surface area contributed by atoms with Crippen molar-refractivity contribution < 1.29 is 9.50 Å². The Kier molecular flexibility index (Phi) is 4.04. The van der Waals surface area contributed by atoms with Crippen molar-refractivity contribution in [3.8, 4) is 0 Å². The van der Waals surface area contributed by atoms with E-state index in [1.807, 2.05) is 6.92 Å². The third-order valence-corrected chi connectivity index (χ3v) is 2.18. The van der Waals surface area contributed by atoms with Crippen molar-refractivity contribution in [3.05, 3.63) is 35.1 Å². The summed E-state index contributed by atoms with van der Waals surface area (Å²) in [4.78, 5) is 0. The molecular weight excluding hydrogens is 181 g/mol. The summed E-state index contributed by atoms with van der Waals surface area (Å²) < 4.78 is 12.8. The Morgan fingerprint density at radius 2 is 2.21 bits per heavy atom. The van der Waals surface area contributed by atoms with Crippen LogP contribution in [0.2, 0.25) is 0 Å². The summed E-state index contributed by atoms with van der Waals surface area (Å²) >= 11 is 0. The van der Waals surface area contributed by atoms with E-state index in [9.17, 15) is 9.50 Å². The Labute approximate surface area is 83.8 Å². The Morgan fingerprint density at radius 3 is 2.79 bits per heavy atom. The van der Waals surface area contributed by atoms with Crippen LogP contribution in [-0.2, 0) is 0 Å². The van der Waals surface area contributed by atoms with Crippen molar-refractivity contribution in [3.63, 3.8) is 0 Å². The number of aliphatic hydroxyl groups excluding tert-OH is 1. The van der Waals surface area contributed by atoms with E-state index in [-0.39, 0.29) is 5.82 Å². The first-order valence-corrected chi connectivity index (χ1v) is 4.80. The maximum atomic E-state index is 12.8. The summed E-state index contributed by atoms with van der Waals surface area (Å²) in [6, 6.07) is 4.44. The number of halogens is 1. The van der Waals surface area contributed by atoms with Gasteiger partial charge in [0.1, 0.15) is 5.82 Å². The molecule has 0 fully saturated rings. The fourth-order valence-electron chi connectivity index (χ4n) is 1.40. The van der Waals surface area contributed by atoms with E-state index in [1.165, 1.54) is 12.1 Å². The van der Waals surface area contributed by atoms with Crippen LogP contribution in [0.25, 0.3) is 0 Å². The molecule has 78 valence electrons. The lowest BCUT2D eigenvalue weighted by Crippen LogP contribution is -2.21. The fraction of sp³-hybridized carbons (Fsp3) is 0.455. The van der Waals surface area contributed by atoms with Gasteiger partial charge >= 0.3 is 0 Å². The van der Waals surface area contributed by atoms with Gasteiger partial charge in [0.2, 0.25) is 0 Å². The van der Waals surface area contributed by atoms with Crippen LogP contribution in [0.4, 0.5) is 4.39 Å². The zero-order valence-corrected chi connectivity index (χ0v) is 8.55. The van der Waals surface area contributed by atoms with E-state index in [2.05, 4.69) is 5.32 Å². The highest BCUT2D eigenvalue weighted by Gasteiger charge is 2.09. The molecule has 1 aromatic carbocycles. The van der Waals surface area contributed by atoms with E-state index in [4.69, 9.17) is 0 Å². The molecule has 2 N–H and O–H groups in total. The molecule has 0 spiro atoms. The number of hydrogen-bond acceptors (Lipinski definition) is 2. The van der Waals surface area contributed by atoms with Gasteiger partial charge in [0.15, 0.2) is 0 Å². The molecule has 0 bridgehead atoms. The number of nitrogens with one attached hydrogen (secondary N) is 1. The van der Waals surface area contributed by atoms with E-state index >= 15 is 0 Å². The van der Waals surface area contributed by atoms with Crippen LogP contribution >= 0.6 is 0 Å². The minimum atomic E-state index is -0.560. The van der Waals surface area contributed by atoms with Gasteiger partial charge in [-0.1, -0.05) is 13.0 Å². The maximum absolute atomic E-state index is 12.8. The summed E-state index contributed by atoms with van der Waals surface area (Å²) in [7, 11) is 0. The highest BCUT2D eigenvalue weighted by Crippen LogP contribution is 2.17. The molecule has 0 saturated heterocycles. The predicted molar refractivity (Wildman–Crippen MR) is 54.6 cm³/mol. The summed E-state index contributed by atoms with van der Waals surface area (Å²) in [5.41, 5.74) is 1.57. The maximum Gasteiger partial charge on any atom is 0.123 e. The van der Waals surface area contributed by atoms with Crippen molar-refractivity contribution >= 4 is 0 Å². The minimum absolute atomic E-state index is 0.262. The fourth-order valence-corrected chi connectivity index (χ4v) is 1.40. The van der Waals surface area contributed by atoms with Gasteiger partial charge in [0.05, 0.1) is 6.10 Å². The standard InChI is InChI=1S/C11H16FNO/c1-3-13-7-11(14)10-5-4-9(12)6-8(10)2/h4-6,11,13-14H,3,7H2,1-2H3. The van der Waals surface area contributed by atoms with Gasteiger partial charge in [-0.3, -0.25) is 0 Å². The Balaban J connectivity index is 2.74. The molecule has 0 saturated carbocycles. The summed E-state index contributed by atoms with van der Waals surface area (Å²) in [5.74, 6) is -0.262. The molecule has 1 atom stereocenters. The Hall–Kier alpha value is -0.930. The first-order valence-electron chi connectivity index (χ1n) is 4.80. The van der Waals surface area contributed by atoms with Crippen LogP contribution in [0.15, 0.2) is 18.2 Å². The SMILES string of the molecule is CCNCC(O)c1ccc(F)cc1C. The molecule has 0 amide bonds. The first-order chi connectivity index (χ1) is 6.65. The van der Waals surface area contributed by atoms with Crippen molar-refractivity contribution in [1.29, 1.82) is 0 Å². The summed E-state index contributed by atoms with van der Waals surface area (Å²) in [5, 5.41) is 12.8. The van der Waals surface area contributed by atoms with Crippen LogP contribution in [0.5, 0.6) is 0 Å². The van der Waals surface area contributed by atoms with Crippen molar-refractivity contribution in [2.75, 3.05) is 13.1 Å². The lowest BCUT2D eigenvalue weighted by Gasteiger charge is -2.13. The normalized spacial score (nSPS) is 12.9. The van der Waals surface area contributed by atoms with E-state index in [0.29, 0.717) is 6.54 Å². The zero-order valence-electron chi connectivity index (χ0n) is 8.55. The number of hydrogen-bond donors (Lipinski definition) is 2. The average molecular weight is 197 g/mol. The van der Waals surface area contributed by atoms with Crippen LogP contribution in [-0.4, -0.2) is 18.2 Å². The third-order valence-electron chi connectivity index (χ3n) is 2.18. The second-order valence-electron chi connectivity index (χ2n) is 3.32. The highest BCUT2D eigenvalue weighted by atomic mass is 19.1. The van der Waals surface area contributed by atoms with E-state index in [0.717, 1.165) is 17.7 Å². The number of likely N-dealkylation sites (N-methyl/N-ethyl adjacent to an activating group) is 1. The molecule has 14 heavy (non-hydrogen) atoms. The van der Waals surface area contributed by atoms with Gasteiger partial charge in [-0.2, -0.15) is 0 Å². The molecular formula is C11H16FNO. The second-order valence-corrected chi connectivity index (χ2v) is 3.32.